The van der Waals surface area contributed by atoms with Crippen LogP contribution in [0.15, 0.2) is 42.6 Å². The van der Waals surface area contributed by atoms with Crippen LogP contribution in [0.4, 0.5) is 21.7 Å². The van der Waals surface area contributed by atoms with Gasteiger partial charge in [-0.25, -0.2) is 14.4 Å². The molecule has 2 aromatic heterocycles. The minimum absolute atomic E-state index is 0.148. The Morgan fingerprint density at radius 1 is 1.19 bits per heavy atom. The largest absolute Gasteiger partial charge is 0.507 e. The molecule has 188 valence electrons. The number of anilines is 3. The molecule has 0 spiro atoms. The molecule has 1 unspecified atom stereocenters. The lowest BCUT2D eigenvalue weighted by Gasteiger charge is -2.28. The van der Waals surface area contributed by atoms with Gasteiger partial charge in [-0.1, -0.05) is 18.1 Å². The van der Waals surface area contributed by atoms with Crippen LogP contribution in [0.3, 0.4) is 0 Å². The quantitative estimate of drug-likeness (QED) is 0.504. The summed E-state index contributed by atoms with van der Waals surface area (Å²) in [5.41, 5.74) is 8.20. The highest BCUT2D eigenvalue weighted by Crippen LogP contribution is 2.32. The fourth-order valence-electron chi connectivity index (χ4n) is 4.15. The van der Waals surface area contributed by atoms with E-state index in [1.165, 1.54) is 0 Å². The van der Waals surface area contributed by atoms with Gasteiger partial charge in [-0.2, -0.15) is 0 Å². The molecular weight excluding hydrogens is 459 g/mol. The van der Waals surface area contributed by atoms with E-state index in [0.717, 1.165) is 31.0 Å². The van der Waals surface area contributed by atoms with Gasteiger partial charge < -0.3 is 20.6 Å². The third kappa shape index (κ3) is 5.98. The van der Waals surface area contributed by atoms with Gasteiger partial charge in [-0.3, -0.25) is 4.90 Å². The van der Waals surface area contributed by atoms with E-state index in [2.05, 4.69) is 48.7 Å². The second kappa shape index (κ2) is 11.6. The SMILES string of the molecule is CC1CCN(c2cc(-c3ccccc3O)nnc2N)CCN1c1ccnc(C#CCN(C)CCF)n1. The Kier molecular flexibility index (Phi) is 8.13. The molecule has 1 fully saturated rings. The molecule has 0 saturated carbocycles. The smallest absolute Gasteiger partial charge is 0.206 e. The van der Waals surface area contributed by atoms with E-state index in [0.29, 0.717) is 42.5 Å². The van der Waals surface area contributed by atoms with Crippen LogP contribution in [0.1, 0.15) is 19.2 Å². The molecule has 0 radical (unpaired) electrons. The lowest BCUT2D eigenvalue weighted by molar-refractivity contribution is 0.323. The van der Waals surface area contributed by atoms with Gasteiger partial charge in [0.15, 0.2) is 5.82 Å². The van der Waals surface area contributed by atoms with Crippen molar-refractivity contribution < 1.29 is 9.50 Å². The molecule has 1 saturated heterocycles. The van der Waals surface area contributed by atoms with Crippen molar-refractivity contribution >= 4 is 17.3 Å². The van der Waals surface area contributed by atoms with Crippen molar-refractivity contribution in [3.05, 3.63) is 48.4 Å². The Bertz CT molecular complexity index is 1240. The number of alkyl halides is 1. The van der Waals surface area contributed by atoms with Crippen LogP contribution in [-0.2, 0) is 0 Å². The van der Waals surface area contributed by atoms with Gasteiger partial charge in [0.1, 0.15) is 18.2 Å². The average molecular weight is 491 g/mol. The van der Waals surface area contributed by atoms with Crippen molar-refractivity contribution in [1.29, 1.82) is 0 Å². The topological polar surface area (TPSA) is 108 Å². The summed E-state index contributed by atoms with van der Waals surface area (Å²) in [6, 6.07) is 11.1. The summed E-state index contributed by atoms with van der Waals surface area (Å²) in [4.78, 5) is 15.2. The maximum Gasteiger partial charge on any atom is 0.206 e. The van der Waals surface area contributed by atoms with E-state index in [1.807, 2.05) is 30.1 Å². The highest BCUT2D eigenvalue weighted by molar-refractivity contribution is 5.74. The second-order valence-electron chi connectivity index (χ2n) is 8.80. The summed E-state index contributed by atoms with van der Waals surface area (Å²) in [6.45, 7) is 4.79. The van der Waals surface area contributed by atoms with Crippen molar-refractivity contribution in [3.8, 4) is 28.8 Å². The van der Waals surface area contributed by atoms with E-state index in [1.54, 1.807) is 24.4 Å². The molecule has 1 aromatic carbocycles. The van der Waals surface area contributed by atoms with Gasteiger partial charge in [0.05, 0.1) is 17.9 Å². The maximum atomic E-state index is 12.4. The van der Waals surface area contributed by atoms with Crippen LogP contribution in [0, 0.1) is 11.8 Å². The van der Waals surface area contributed by atoms with E-state index < -0.39 is 6.67 Å². The normalized spacial score (nSPS) is 15.9. The molecule has 3 N–H and O–H groups in total. The zero-order chi connectivity index (χ0) is 25.5. The van der Waals surface area contributed by atoms with Crippen molar-refractivity contribution in [1.82, 2.24) is 25.1 Å². The number of benzene rings is 1. The molecule has 0 amide bonds. The molecule has 3 aromatic rings. The molecule has 4 rings (SSSR count). The molecule has 3 heterocycles. The van der Waals surface area contributed by atoms with Gasteiger partial charge in [-0.15, -0.1) is 10.2 Å². The Labute approximate surface area is 210 Å². The summed E-state index contributed by atoms with van der Waals surface area (Å²) in [7, 11) is 1.83. The number of aromatic nitrogens is 4. The number of halogens is 1. The van der Waals surface area contributed by atoms with Crippen molar-refractivity contribution in [3.63, 3.8) is 0 Å². The fourth-order valence-corrected chi connectivity index (χ4v) is 4.15. The van der Waals surface area contributed by atoms with Gasteiger partial charge >= 0.3 is 0 Å². The number of aromatic hydroxyl groups is 1. The first-order valence-electron chi connectivity index (χ1n) is 12.0. The van der Waals surface area contributed by atoms with Crippen molar-refractivity contribution in [2.75, 3.05) is 62.0 Å². The van der Waals surface area contributed by atoms with Gasteiger partial charge in [0, 0.05) is 44.0 Å². The minimum Gasteiger partial charge on any atom is -0.507 e. The Morgan fingerprint density at radius 2 is 2.03 bits per heavy atom. The van der Waals surface area contributed by atoms with Crippen LogP contribution in [-0.4, -0.2) is 82.7 Å². The van der Waals surface area contributed by atoms with E-state index in [9.17, 15) is 9.50 Å². The summed E-state index contributed by atoms with van der Waals surface area (Å²) >= 11 is 0. The number of phenolic OH excluding ortho intramolecular Hbond substituents is 1. The highest BCUT2D eigenvalue weighted by atomic mass is 19.1. The molecule has 1 atom stereocenters. The predicted molar refractivity (Wildman–Crippen MR) is 140 cm³/mol. The van der Waals surface area contributed by atoms with Crippen LogP contribution in [0.5, 0.6) is 5.75 Å². The first-order valence-corrected chi connectivity index (χ1v) is 12.0. The van der Waals surface area contributed by atoms with Crippen molar-refractivity contribution in [2.45, 2.75) is 19.4 Å². The summed E-state index contributed by atoms with van der Waals surface area (Å²) in [5.74, 6) is 7.76. The zero-order valence-corrected chi connectivity index (χ0v) is 20.6. The predicted octanol–water partition coefficient (Wildman–Crippen LogP) is 2.58. The molecule has 9 nitrogen and oxygen atoms in total. The Hall–Kier alpha value is -3.97. The number of hydrogen-bond acceptors (Lipinski definition) is 9. The number of nitrogens with zero attached hydrogens (tertiary/aromatic N) is 7. The average Bonchev–Trinajstić information content (AvgIpc) is 3.07. The number of para-hydroxylation sites is 1. The fraction of sp³-hybridized carbons (Fsp3) is 0.385. The standard InChI is InChI=1S/C26H31FN8O/c1-19-10-14-34(22-18-21(31-32-26(22)28)20-6-3-4-7-23(20)36)16-17-35(19)25-9-12-29-24(30-25)8-5-13-33(2)15-11-27/h3-4,6-7,9,12,18-19,36H,10-11,13-17H2,1-2H3,(H2,28,32). The van der Waals surface area contributed by atoms with Gasteiger partial charge in [-0.05, 0) is 50.6 Å². The van der Waals surface area contributed by atoms with Crippen LogP contribution in [0.2, 0.25) is 0 Å². The number of nitrogens with two attached hydrogens (primary N) is 1. The van der Waals surface area contributed by atoms with Crippen LogP contribution in [0.25, 0.3) is 11.3 Å². The molecule has 1 aliphatic heterocycles. The zero-order valence-electron chi connectivity index (χ0n) is 20.6. The van der Waals surface area contributed by atoms with Crippen LogP contribution < -0.4 is 15.5 Å². The lowest BCUT2D eigenvalue weighted by atomic mass is 10.1. The number of hydrogen-bond donors (Lipinski definition) is 2. The first-order chi connectivity index (χ1) is 17.5. The molecule has 0 bridgehead atoms. The third-order valence-corrected chi connectivity index (χ3v) is 6.23. The van der Waals surface area contributed by atoms with Crippen LogP contribution >= 0.6 is 0 Å². The Balaban J connectivity index is 1.50. The minimum atomic E-state index is -0.398. The van der Waals surface area contributed by atoms with E-state index in [-0.39, 0.29) is 11.8 Å². The second-order valence-corrected chi connectivity index (χ2v) is 8.80. The van der Waals surface area contributed by atoms with Gasteiger partial charge in [0.2, 0.25) is 5.82 Å². The number of rotatable bonds is 6. The van der Waals surface area contributed by atoms with E-state index >= 15 is 0 Å². The molecular formula is C26H31FN8O. The molecule has 36 heavy (non-hydrogen) atoms. The summed E-state index contributed by atoms with van der Waals surface area (Å²) in [6.07, 6.45) is 2.60. The Morgan fingerprint density at radius 3 is 2.83 bits per heavy atom. The summed E-state index contributed by atoms with van der Waals surface area (Å²) in [5, 5.41) is 18.6. The molecule has 0 aliphatic carbocycles. The van der Waals surface area contributed by atoms with Crippen molar-refractivity contribution in [2.24, 2.45) is 0 Å². The maximum absolute atomic E-state index is 12.4. The number of phenols is 1. The molecule has 1 aliphatic rings. The number of nitrogen functional groups attached to an aromatic ring is 1. The third-order valence-electron chi connectivity index (χ3n) is 6.23. The highest BCUT2D eigenvalue weighted by Gasteiger charge is 2.24. The monoisotopic (exact) mass is 490 g/mol. The lowest BCUT2D eigenvalue weighted by Crippen LogP contribution is -2.35. The first kappa shape index (κ1) is 25.1. The molecule has 10 heteroatoms. The summed E-state index contributed by atoms with van der Waals surface area (Å²) < 4.78 is 12.4. The van der Waals surface area contributed by atoms with Gasteiger partial charge in [0.25, 0.3) is 0 Å². The van der Waals surface area contributed by atoms with E-state index in [4.69, 9.17) is 5.73 Å².